The Morgan fingerprint density at radius 3 is 2.67 bits per heavy atom. The Morgan fingerprint density at radius 2 is 2.04 bits per heavy atom. The van der Waals surface area contributed by atoms with Gasteiger partial charge in [0.1, 0.15) is 12.0 Å². The van der Waals surface area contributed by atoms with Crippen molar-refractivity contribution in [3.63, 3.8) is 0 Å². The molecular formula is C18H23N3O3. The summed E-state index contributed by atoms with van der Waals surface area (Å²) >= 11 is 0. The van der Waals surface area contributed by atoms with Gasteiger partial charge in [-0.05, 0) is 37.1 Å². The van der Waals surface area contributed by atoms with E-state index in [2.05, 4.69) is 9.88 Å². The lowest BCUT2D eigenvalue weighted by Gasteiger charge is -2.26. The van der Waals surface area contributed by atoms with Crippen molar-refractivity contribution in [2.45, 2.75) is 38.3 Å². The summed E-state index contributed by atoms with van der Waals surface area (Å²) in [4.78, 5) is 18.0. The van der Waals surface area contributed by atoms with Crippen molar-refractivity contribution < 1.29 is 13.9 Å². The lowest BCUT2D eigenvalue weighted by atomic mass is 10.2. The van der Waals surface area contributed by atoms with Gasteiger partial charge >= 0.3 is 0 Å². The molecule has 0 saturated heterocycles. The fourth-order valence-corrected chi connectivity index (χ4v) is 3.24. The van der Waals surface area contributed by atoms with Gasteiger partial charge in [0.2, 0.25) is 11.8 Å². The predicted octanol–water partition coefficient (Wildman–Crippen LogP) is 2.58. The van der Waals surface area contributed by atoms with Crippen LogP contribution in [0.25, 0.3) is 11.5 Å². The van der Waals surface area contributed by atoms with Crippen molar-refractivity contribution >= 4 is 5.91 Å². The number of primary amides is 1. The molecule has 1 heterocycles. The van der Waals surface area contributed by atoms with Gasteiger partial charge in [0, 0.05) is 18.2 Å². The number of rotatable bonds is 7. The van der Waals surface area contributed by atoms with Crippen LogP contribution in [-0.4, -0.2) is 35.5 Å². The first-order chi connectivity index (χ1) is 11.7. The average molecular weight is 329 g/mol. The predicted molar refractivity (Wildman–Crippen MR) is 90.4 cm³/mol. The average Bonchev–Trinajstić information content (AvgIpc) is 3.26. The number of methoxy groups -OCH3 is 1. The summed E-state index contributed by atoms with van der Waals surface area (Å²) in [5.74, 6) is 1.05. The van der Waals surface area contributed by atoms with E-state index >= 15 is 0 Å². The highest BCUT2D eigenvalue weighted by Crippen LogP contribution is 2.26. The van der Waals surface area contributed by atoms with Crippen LogP contribution >= 0.6 is 0 Å². The Morgan fingerprint density at radius 1 is 1.33 bits per heavy atom. The number of benzene rings is 1. The second kappa shape index (κ2) is 7.49. The first-order valence-electron chi connectivity index (χ1n) is 8.27. The van der Waals surface area contributed by atoms with Crippen LogP contribution in [0, 0.1) is 0 Å². The zero-order valence-electron chi connectivity index (χ0n) is 13.9. The molecule has 1 amide bonds. The monoisotopic (exact) mass is 329 g/mol. The number of carbonyl (C=O) groups excluding carboxylic acids is 1. The van der Waals surface area contributed by atoms with Crippen molar-refractivity contribution in [2.75, 3.05) is 13.7 Å². The molecule has 1 saturated carbocycles. The topological polar surface area (TPSA) is 81.6 Å². The lowest BCUT2D eigenvalue weighted by molar-refractivity contribution is -0.119. The van der Waals surface area contributed by atoms with E-state index in [4.69, 9.17) is 14.9 Å². The number of aromatic nitrogens is 1. The normalized spacial score (nSPS) is 15.1. The van der Waals surface area contributed by atoms with Gasteiger partial charge in [-0.15, -0.1) is 0 Å². The largest absolute Gasteiger partial charge is 0.497 e. The van der Waals surface area contributed by atoms with Crippen molar-refractivity contribution in [2.24, 2.45) is 5.73 Å². The van der Waals surface area contributed by atoms with Crippen LogP contribution in [0.4, 0.5) is 0 Å². The Bertz CT molecular complexity index is 675. The number of oxazole rings is 1. The van der Waals surface area contributed by atoms with Gasteiger partial charge in [-0.2, -0.15) is 0 Å². The van der Waals surface area contributed by atoms with E-state index in [1.54, 1.807) is 13.4 Å². The second-order valence-electron chi connectivity index (χ2n) is 6.18. The smallest absolute Gasteiger partial charge is 0.231 e. The number of nitrogens with zero attached hydrogens (tertiary/aromatic N) is 2. The molecule has 1 aromatic heterocycles. The summed E-state index contributed by atoms with van der Waals surface area (Å²) in [6.07, 6.45) is 6.28. The quantitative estimate of drug-likeness (QED) is 0.844. The maximum absolute atomic E-state index is 11.4. The Hall–Kier alpha value is -2.34. The zero-order valence-corrected chi connectivity index (χ0v) is 13.9. The van der Waals surface area contributed by atoms with Crippen LogP contribution in [-0.2, 0) is 11.3 Å². The minimum absolute atomic E-state index is 0.259. The van der Waals surface area contributed by atoms with Crippen molar-refractivity contribution in [1.29, 1.82) is 0 Å². The third kappa shape index (κ3) is 3.94. The first-order valence-corrected chi connectivity index (χ1v) is 8.27. The number of ether oxygens (including phenoxy) is 1. The van der Waals surface area contributed by atoms with Gasteiger partial charge in [-0.3, -0.25) is 9.69 Å². The zero-order chi connectivity index (χ0) is 16.9. The molecule has 0 radical (unpaired) electrons. The Kier molecular flexibility index (Phi) is 5.15. The van der Waals surface area contributed by atoms with Crippen LogP contribution in [0.1, 0.15) is 31.4 Å². The van der Waals surface area contributed by atoms with E-state index in [9.17, 15) is 4.79 Å². The molecule has 6 heteroatoms. The summed E-state index contributed by atoms with van der Waals surface area (Å²) in [5.41, 5.74) is 7.11. The number of hydrogen-bond donors (Lipinski definition) is 1. The first kappa shape index (κ1) is 16.5. The van der Waals surface area contributed by atoms with E-state index in [0.29, 0.717) is 18.5 Å². The highest BCUT2D eigenvalue weighted by atomic mass is 16.5. The maximum Gasteiger partial charge on any atom is 0.231 e. The Labute approximate surface area is 141 Å². The van der Waals surface area contributed by atoms with Crippen LogP contribution in [0.2, 0.25) is 0 Å². The highest BCUT2D eigenvalue weighted by molar-refractivity contribution is 5.76. The standard InChI is InChI=1S/C18H23N3O3/c1-23-16-8-6-13(7-9-16)18-20-14(12-24-18)10-21(11-17(19)22)15-4-2-3-5-15/h6-9,12,15H,2-5,10-11H2,1H3,(H2,19,22). The molecular weight excluding hydrogens is 306 g/mol. The molecule has 1 fully saturated rings. The molecule has 128 valence electrons. The summed E-state index contributed by atoms with van der Waals surface area (Å²) in [6.45, 7) is 0.836. The van der Waals surface area contributed by atoms with Crippen LogP contribution in [0.15, 0.2) is 34.9 Å². The van der Waals surface area contributed by atoms with Gasteiger partial charge in [0.15, 0.2) is 0 Å². The molecule has 1 aliphatic rings. The summed E-state index contributed by atoms with van der Waals surface area (Å²) in [6, 6.07) is 7.96. The number of nitrogens with two attached hydrogens (primary N) is 1. The molecule has 2 aromatic rings. The molecule has 6 nitrogen and oxygen atoms in total. The maximum atomic E-state index is 11.4. The highest BCUT2D eigenvalue weighted by Gasteiger charge is 2.24. The van der Waals surface area contributed by atoms with Gasteiger partial charge in [-0.1, -0.05) is 12.8 Å². The van der Waals surface area contributed by atoms with E-state index < -0.39 is 0 Å². The molecule has 24 heavy (non-hydrogen) atoms. The van der Waals surface area contributed by atoms with E-state index in [1.807, 2.05) is 24.3 Å². The molecule has 3 rings (SSSR count). The third-order valence-electron chi connectivity index (χ3n) is 4.45. The van der Waals surface area contributed by atoms with Crippen molar-refractivity contribution in [3.05, 3.63) is 36.2 Å². The fourth-order valence-electron chi connectivity index (χ4n) is 3.24. The molecule has 0 aliphatic heterocycles. The summed E-state index contributed by atoms with van der Waals surface area (Å²) in [5, 5.41) is 0. The Balaban J connectivity index is 1.71. The molecule has 1 aromatic carbocycles. The van der Waals surface area contributed by atoms with E-state index in [0.717, 1.165) is 29.8 Å². The molecule has 0 unspecified atom stereocenters. The van der Waals surface area contributed by atoms with Gasteiger partial charge in [0.05, 0.1) is 19.3 Å². The lowest BCUT2D eigenvalue weighted by Crippen LogP contribution is -2.39. The molecule has 0 spiro atoms. The minimum atomic E-state index is -0.305. The summed E-state index contributed by atoms with van der Waals surface area (Å²) < 4.78 is 10.8. The molecule has 1 aliphatic carbocycles. The third-order valence-corrected chi connectivity index (χ3v) is 4.45. The number of hydrogen-bond acceptors (Lipinski definition) is 5. The fraction of sp³-hybridized carbons (Fsp3) is 0.444. The second-order valence-corrected chi connectivity index (χ2v) is 6.18. The van der Waals surface area contributed by atoms with Crippen LogP contribution < -0.4 is 10.5 Å². The van der Waals surface area contributed by atoms with Gasteiger partial charge < -0.3 is 14.9 Å². The molecule has 2 N–H and O–H groups in total. The van der Waals surface area contributed by atoms with Crippen molar-refractivity contribution in [1.82, 2.24) is 9.88 Å². The van der Waals surface area contributed by atoms with Gasteiger partial charge in [0.25, 0.3) is 0 Å². The van der Waals surface area contributed by atoms with E-state index in [1.165, 1.54) is 12.8 Å². The van der Waals surface area contributed by atoms with Crippen LogP contribution in [0.3, 0.4) is 0 Å². The number of amides is 1. The number of carbonyl (C=O) groups is 1. The molecule has 0 atom stereocenters. The van der Waals surface area contributed by atoms with Crippen LogP contribution in [0.5, 0.6) is 5.75 Å². The van der Waals surface area contributed by atoms with E-state index in [-0.39, 0.29) is 12.5 Å². The van der Waals surface area contributed by atoms with Crippen molar-refractivity contribution in [3.8, 4) is 17.2 Å². The molecule has 0 bridgehead atoms. The SMILES string of the molecule is COc1ccc(-c2nc(CN(CC(N)=O)C3CCCC3)co2)cc1. The minimum Gasteiger partial charge on any atom is -0.497 e. The van der Waals surface area contributed by atoms with Gasteiger partial charge in [-0.25, -0.2) is 4.98 Å². The summed E-state index contributed by atoms with van der Waals surface area (Å²) in [7, 11) is 1.63.